The molecule has 0 aliphatic carbocycles. The van der Waals surface area contributed by atoms with Gasteiger partial charge in [-0.2, -0.15) is 5.10 Å². The monoisotopic (exact) mass is 288 g/mol. The van der Waals surface area contributed by atoms with Crippen LogP contribution in [0.5, 0.6) is 0 Å². The Kier molecular flexibility index (Phi) is 3.24. The zero-order valence-electron chi connectivity index (χ0n) is 10.4. The lowest BCUT2D eigenvalue weighted by Gasteiger charge is -2.03. The lowest BCUT2D eigenvalue weighted by Crippen LogP contribution is -2.04. The maximum atomic E-state index is 13.4. The third-order valence-corrected chi connectivity index (χ3v) is 3.53. The van der Waals surface area contributed by atoms with Crippen molar-refractivity contribution in [1.82, 2.24) is 9.61 Å². The van der Waals surface area contributed by atoms with E-state index in [9.17, 15) is 9.18 Å². The lowest BCUT2D eigenvalue weighted by molar-refractivity contribution is 0.0994. The van der Waals surface area contributed by atoms with Gasteiger partial charge in [0.25, 0.3) is 0 Å². The van der Waals surface area contributed by atoms with Gasteiger partial charge in [0.2, 0.25) is 0 Å². The third kappa shape index (κ3) is 2.18. The Bertz CT molecular complexity index is 797. The van der Waals surface area contributed by atoms with Crippen LogP contribution in [0.25, 0.3) is 5.52 Å². The predicted molar refractivity (Wildman–Crippen MR) is 74.6 cm³/mol. The molecule has 2 aromatic heterocycles. The smallest absolute Gasteiger partial charge is 0.171 e. The number of pyridine rings is 1. The van der Waals surface area contributed by atoms with Crippen LogP contribution in [0.3, 0.4) is 0 Å². The van der Waals surface area contributed by atoms with Crippen LogP contribution < -0.4 is 0 Å². The van der Waals surface area contributed by atoms with Crippen molar-refractivity contribution < 1.29 is 9.18 Å². The molecule has 2 heterocycles. The molecule has 3 nitrogen and oxygen atoms in total. The Hall–Kier alpha value is -2.20. The minimum atomic E-state index is -0.517. The molecule has 0 amide bonds. The molecule has 0 N–H and O–H groups in total. The Labute approximate surface area is 119 Å². The highest BCUT2D eigenvalue weighted by molar-refractivity contribution is 6.31. The molecule has 0 fully saturated rings. The van der Waals surface area contributed by atoms with Crippen molar-refractivity contribution in [3.8, 4) is 0 Å². The summed E-state index contributed by atoms with van der Waals surface area (Å²) in [6.45, 7) is 0. The zero-order chi connectivity index (χ0) is 14.1. The van der Waals surface area contributed by atoms with E-state index in [-0.39, 0.29) is 17.2 Å². The van der Waals surface area contributed by atoms with E-state index in [1.54, 1.807) is 22.8 Å². The van der Waals surface area contributed by atoms with Crippen LogP contribution in [0.4, 0.5) is 4.39 Å². The first-order valence-corrected chi connectivity index (χ1v) is 6.43. The van der Waals surface area contributed by atoms with Gasteiger partial charge in [-0.3, -0.25) is 4.79 Å². The number of benzene rings is 1. The molecule has 0 radical (unpaired) electrons. The molecule has 0 aliphatic heterocycles. The number of fused-ring (bicyclic) bond motifs is 1. The Morgan fingerprint density at radius 1 is 1.25 bits per heavy atom. The molecule has 0 aliphatic rings. The number of nitrogens with zero attached hydrogens (tertiary/aromatic N) is 2. The fourth-order valence-electron chi connectivity index (χ4n) is 2.10. The first-order chi connectivity index (χ1) is 9.66. The average Bonchev–Trinajstić information content (AvgIpc) is 2.88. The number of aromatic nitrogens is 2. The molecular weight excluding hydrogens is 279 g/mol. The Morgan fingerprint density at radius 3 is 2.95 bits per heavy atom. The summed E-state index contributed by atoms with van der Waals surface area (Å²) in [6, 6.07) is 9.94. The minimum Gasteiger partial charge on any atom is -0.294 e. The quantitative estimate of drug-likeness (QED) is 0.691. The third-order valence-electron chi connectivity index (χ3n) is 3.11. The van der Waals surface area contributed by atoms with Gasteiger partial charge in [0.05, 0.1) is 22.3 Å². The van der Waals surface area contributed by atoms with E-state index in [0.717, 1.165) is 5.52 Å². The van der Waals surface area contributed by atoms with E-state index in [1.165, 1.54) is 12.3 Å². The fraction of sp³-hybridized carbons (Fsp3) is 0.0667. The van der Waals surface area contributed by atoms with Crippen molar-refractivity contribution in [3.05, 3.63) is 70.8 Å². The molecule has 0 atom stereocenters. The predicted octanol–water partition coefficient (Wildman–Crippen LogP) is 3.55. The van der Waals surface area contributed by atoms with E-state index in [4.69, 9.17) is 11.6 Å². The van der Waals surface area contributed by atoms with Gasteiger partial charge in [-0.15, -0.1) is 0 Å². The summed E-state index contributed by atoms with van der Waals surface area (Å²) in [4.78, 5) is 12.3. The average molecular weight is 289 g/mol. The lowest BCUT2D eigenvalue weighted by atomic mass is 10.0. The number of carbonyl (C=O) groups is 1. The highest BCUT2D eigenvalue weighted by atomic mass is 35.5. The first kappa shape index (κ1) is 12.8. The number of carbonyl (C=O) groups excluding carboxylic acids is 1. The number of hydrogen-bond donors (Lipinski definition) is 0. The number of hydrogen-bond acceptors (Lipinski definition) is 2. The molecule has 0 unspecified atom stereocenters. The second-order valence-corrected chi connectivity index (χ2v) is 4.78. The van der Waals surface area contributed by atoms with Gasteiger partial charge in [-0.05, 0) is 23.8 Å². The summed E-state index contributed by atoms with van der Waals surface area (Å²) in [5, 5.41) is 4.11. The number of ketones is 1. The van der Waals surface area contributed by atoms with Crippen LogP contribution in [-0.4, -0.2) is 15.4 Å². The molecule has 3 rings (SSSR count). The van der Waals surface area contributed by atoms with Crippen LogP contribution >= 0.6 is 11.6 Å². The van der Waals surface area contributed by atoms with Crippen LogP contribution in [0.15, 0.2) is 48.8 Å². The fourth-order valence-corrected chi connectivity index (χ4v) is 2.30. The van der Waals surface area contributed by atoms with Crippen LogP contribution in [-0.2, 0) is 6.42 Å². The summed E-state index contributed by atoms with van der Waals surface area (Å²) < 4.78 is 15.0. The van der Waals surface area contributed by atoms with E-state index >= 15 is 0 Å². The van der Waals surface area contributed by atoms with Crippen molar-refractivity contribution >= 4 is 22.9 Å². The van der Waals surface area contributed by atoms with Crippen molar-refractivity contribution in [3.63, 3.8) is 0 Å². The number of Topliss-reactive ketones (excluding diaryl/α,β-unsaturated/α-hetero) is 1. The summed E-state index contributed by atoms with van der Waals surface area (Å²) in [7, 11) is 0. The van der Waals surface area contributed by atoms with E-state index < -0.39 is 5.82 Å². The normalized spacial score (nSPS) is 10.9. The van der Waals surface area contributed by atoms with Crippen molar-refractivity contribution in [2.45, 2.75) is 6.42 Å². The highest BCUT2D eigenvalue weighted by Gasteiger charge is 2.15. The molecule has 3 aromatic rings. The van der Waals surface area contributed by atoms with Gasteiger partial charge in [0.15, 0.2) is 5.78 Å². The molecule has 5 heteroatoms. The van der Waals surface area contributed by atoms with Gasteiger partial charge in [0, 0.05) is 12.6 Å². The van der Waals surface area contributed by atoms with Gasteiger partial charge < -0.3 is 0 Å². The van der Waals surface area contributed by atoms with Gasteiger partial charge in [-0.25, -0.2) is 8.91 Å². The van der Waals surface area contributed by atoms with Crippen LogP contribution in [0, 0.1) is 5.82 Å². The molecule has 0 saturated heterocycles. The van der Waals surface area contributed by atoms with Crippen molar-refractivity contribution in [2.24, 2.45) is 0 Å². The summed E-state index contributed by atoms with van der Waals surface area (Å²) in [6.07, 6.45) is 3.33. The number of halogens is 2. The molecule has 1 aromatic carbocycles. The minimum absolute atomic E-state index is 0.00248. The standard InChI is InChI=1S/C15H10ClFN2O/c16-15-10(4-3-5-12(15)17)8-14(20)11-9-18-19-7-2-1-6-13(11)19/h1-7,9H,8H2. The Balaban J connectivity index is 1.95. The van der Waals surface area contributed by atoms with Crippen LogP contribution in [0.1, 0.15) is 15.9 Å². The maximum Gasteiger partial charge on any atom is 0.171 e. The highest BCUT2D eigenvalue weighted by Crippen LogP contribution is 2.22. The largest absolute Gasteiger partial charge is 0.294 e. The van der Waals surface area contributed by atoms with Gasteiger partial charge in [-0.1, -0.05) is 29.8 Å². The summed E-state index contributed by atoms with van der Waals surface area (Å²) in [5.74, 6) is -0.657. The second kappa shape index (κ2) is 5.06. The topological polar surface area (TPSA) is 34.4 Å². The Morgan fingerprint density at radius 2 is 2.10 bits per heavy atom. The summed E-state index contributed by atoms with van der Waals surface area (Å²) >= 11 is 5.87. The zero-order valence-corrected chi connectivity index (χ0v) is 11.1. The van der Waals surface area contributed by atoms with E-state index in [0.29, 0.717) is 11.1 Å². The van der Waals surface area contributed by atoms with Gasteiger partial charge >= 0.3 is 0 Å². The molecule has 0 bridgehead atoms. The van der Waals surface area contributed by atoms with E-state index in [2.05, 4.69) is 5.10 Å². The molecule has 0 saturated carbocycles. The first-order valence-electron chi connectivity index (χ1n) is 6.05. The van der Waals surface area contributed by atoms with Crippen molar-refractivity contribution in [1.29, 1.82) is 0 Å². The SMILES string of the molecule is O=C(Cc1cccc(F)c1Cl)c1cnn2ccccc12. The second-order valence-electron chi connectivity index (χ2n) is 4.40. The van der Waals surface area contributed by atoms with Crippen molar-refractivity contribution in [2.75, 3.05) is 0 Å². The van der Waals surface area contributed by atoms with E-state index in [1.807, 2.05) is 18.2 Å². The number of rotatable bonds is 3. The van der Waals surface area contributed by atoms with Crippen LogP contribution in [0.2, 0.25) is 5.02 Å². The molecule has 100 valence electrons. The van der Waals surface area contributed by atoms with Gasteiger partial charge in [0.1, 0.15) is 5.82 Å². The maximum absolute atomic E-state index is 13.4. The molecular formula is C15H10ClFN2O. The summed E-state index contributed by atoms with van der Waals surface area (Å²) in [5.41, 5.74) is 1.71. The molecule has 0 spiro atoms. The molecule has 20 heavy (non-hydrogen) atoms.